The summed E-state index contributed by atoms with van der Waals surface area (Å²) < 4.78 is 14.0. The van der Waals surface area contributed by atoms with E-state index >= 15 is 0 Å². The summed E-state index contributed by atoms with van der Waals surface area (Å²) in [5, 5.41) is 0. The van der Waals surface area contributed by atoms with Gasteiger partial charge in [-0.25, -0.2) is 4.39 Å². The summed E-state index contributed by atoms with van der Waals surface area (Å²) in [6.45, 7) is 4.16. The molecule has 20 heavy (non-hydrogen) atoms. The van der Waals surface area contributed by atoms with Gasteiger partial charge in [0.15, 0.2) is 0 Å². The van der Waals surface area contributed by atoms with Crippen LogP contribution < -0.4 is 10.6 Å². The van der Waals surface area contributed by atoms with Gasteiger partial charge >= 0.3 is 0 Å². The molecule has 1 aromatic rings. The SMILES string of the molecule is CCCC1CCCN(c2cccc(F)c2C(N)=S)CC1. The van der Waals surface area contributed by atoms with Crippen molar-refractivity contribution in [3.05, 3.63) is 29.6 Å². The van der Waals surface area contributed by atoms with Gasteiger partial charge < -0.3 is 10.6 Å². The van der Waals surface area contributed by atoms with Gasteiger partial charge in [0.25, 0.3) is 0 Å². The first-order valence-electron chi connectivity index (χ1n) is 7.46. The van der Waals surface area contributed by atoms with E-state index in [1.54, 1.807) is 6.07 Å². The maximum atomic E-state index is 14.0. The van der Waals surface area contributed by atoms with Crippen molar-refractivity contribution in [2.24, 2.45) is 11.7 Å². The number of anilines is 1. The first-order valence-corrected chi connectivity index (χ1v) is 7.87. The van der Waals surface area contributed by atoms with Crippen molar-refractivity contribution in [2.75, 3.05) is 18.0 Å². The molecule has 0 saturated carbocycles. The van der Waals surface area contributed by atoms with Crippen LogP contribution in [0.25, 0.3) is 0 Å². The summed E-state index contributed by atoms with van der Waals surface area (Å²) in [5.41, 5.74) is 6.96. The molecule has 1 atom stereocenters. The molecule has 1 saturated heterocycles. The number of benzene rings is 1. The van der Waals surface area contributed by atoms with Crippen LogP contribution in [0.2, 0.25) is 0 Å². The Labute approximate surface area is 126 Å². The van der Waals surface area contributed by atoms with Gasteiger partial charge in [0, 0.05) is 18.8 Å². The Morgan fingerprint density at radius 2 is 2.20 bits per heavy atom. The van der Waals surface area contributed by atoms with E-state index in [9.17, 15) is 4.39 Å². The average molecular weight is 294 g/mol. The molecule has 0 aliphatic carbocycles. The molecular formula is C16H23FN2S. The number of hydrogen-bond donors (Lipinski definition) is 1. The molecule has 1 unspecified atom stereocenters. The molecule has 1 aliphatic rings. The van der Waals surface area contributed by atoms with Crippen molar-refractivity contribution in [3.8, 4) is 0 Å². The van der Waals surface area contributed by atoms with Gasteiger partial charge in [0.2, 0.25) is 0 Å². The summed E-state index contributed by atoms with van der Waals surface area (Å²) >= 11 is 5.02. The molecule has 4 heteroatoms. The number of thiocarbonyl (C=S) groups is 1. The van der Waals surface area contributed by atoms with Gasteiger partial charge in [0.05, 0.1) is 5.56 Å². The second-order valence-corrected chi connectivity index (χ2v) is 6.01. The lowest BCUT2D eigenvalue weighted by atomic mass is 9.96. The van der Waals surface area contributed by atoms with Crippen LogP contribution in [-0.2, 0) is 0 Å². The molecule has 2 nitrogen and oxygen atoms in total. The highest BCUT2D eigenvalue weighted by Gasteiger charge is 2.20. The fourth-order valence-electron chi connectivity index (χ4n) is 3.12. The second kappa shape index (κ2) is 7.02. The zero-order valence-electron chi connectivity index (χ0n) is 12.1. The highest BCUT2D eigenvalue weighted by atomic mass is 32.1. The van der Waals surface area contributed by atoms with Crippen molar-refractivity contribution in [1.29, 1.82) is 0 Å². The van der Waals surface area contributed by atoms with Crippen molar-refractivity contribution in [3.63, 3.8) is 0 Å². The van der Waals surface area contributed by atoms with Gasteiger partial charge in [-0.05, 0) is 37.3 Å². The molecule has 1 heterocycles. The third-order valence-electron chi connectivity index (χ3n) is 4.12. The molecule has 1 aliphatic heterocycles. The van der Waals surface area contributed by atoms with Crippen LogP contribution in [0.3, 0.4) is 0 Å². The highest BCUT2D eigenvalue weighted by molar-refractivity contribution is 7.80. The Hall–Kier alpha value is -1.16. The molecular weight excluding hydrogens is 271 g/mol. The predicted octanol–water partition coefficient (Wildman–Crippen LogP) is 3.87. The Morgan fingerprint density at radius 1 is 1.40 bits per heavy atom. The number of hydrogen-bond acceptors (Lipinski definition) is 2. The summed E-state index contributed by atoms with van der Waals surface area (Å²) in [6.07, 6.45) is 6.11. The van der Waals surface area contributed by atoms with Crippen LogP contribution in [0.4, 0.5) is 10.1 Å². The lowest BCUT2D eigenvalue weighted by Crippen LogP contribution is -2.28. The summed E-state index contributed by atoms with van der Waals surface area (Å²) in [5.74, 6) is 0.483. The van der Waals surface area contributed by atoms with E-state index in [1.165, 1.54) is 31.7 Å². The van der Waals surface area contributed by atoms with Crippen LogP contribution in [0.1, 0.15) is 44.6 Å². The van der Waals surface area contributed by atoms with Crippen LogP contribution in [0, 0.1) is 11.7 Å². The molecule has 1 aromatic carbocycles. The predicted molar refractivity (Wildman–Crippen MR) is 86.7 cm³/mol. The van der Waals surface area contributed by atoms with E-state index < -0.39 is 0 Å². The molecule has 0 spiro atoms. The molecule has 0 bridgehead atoms. The Kier molecular flexibility index (Phi) is 5.35. The molecule has 110 valence electrons. The van der Waals surface area contributed by atoms with Gasteiger partial charge in [-0.2, -0.15) is 0 Å². The smallest absolute Gasteiger partial charge is 0.135 e. The Balaban J connectivity index is 2.20. The fourth-order valence-corrected chi connectivity index (χ4v) is 3.33. The number of nitrogens with two attached hydrogens (primary N) is 1. The van der Waals surface area contributed by atoms with Crippen LogP contribution in [-0.4, -0.2) is 18.1 Å². The summed E-state index contributed by atoms with van der Waals surface area (Å²) in [7, 11) is 0. The molecule has 2 N–H and O–H groups in total. The number of halogens is 1. The molecule has 1 fully saturated rings. The highest BCUT2D eigenvalue weighted by Crippen LogP contribution is 2.28. The monoisotopic (exact) mass is 294 g/mol. The van der Waals surface area contributed by atoms with Crippen molar-refractivity contribution < 1.29 is 4.39 Å². The standard InChI is InChI=1S/C16H23FN2S/c1-2-5-12-6-4-10-19(11-9-12)14-8-3-7-13(17)15(14)16(18)20/h3,7-8,12H,2,4-6,9-11H2,1H3,(H2,18,20). The van der Waals surface area contributed by atoms with Crippen LogP contribution in [0.15, 0.2) is 18.2 Å². The maximum Gasteiger partial charge on any atom is 0.135 e. The summed E-state index contributed by atoms with van der Waals surface area (Å²) in [4.78, 5) is 2.39. The third kappa shape index (κ3) is 3.48. The quantitative estimate of drug-likeness (QED) is 0.855. The van der Waals surface area contributed by atoms with Crippen molar-refractivity contribution >= 4 is 22.9 Å². The molecule has 0 amide bonds. The van der Waals surface area contributed by atoms with E-state index in [0.29, 0.717) is 5.56 Å². The molecule has 0 radical (unpaired) electrons. The Morgan fingerprint density at radius 3 is 2.90 bits per heavy atom. The second-order valence-electron chi connectivity index (χ2n) is 5.57. The zero-order valence-corrected chi connectivity index (χ0v) is 12.9. The zero-order chi connectivity index (χ0) is 14.5. The minimum Gasteiger partial charge on any atom is -0.389 e. The maximum absolute atomic E-state index is 14.0. The molecule has 0 aromatic heterocycles. The fraction of sp³-hybridized carbons (Fsp3) is 0.562. The van der Waals surface area contributed by atoms with E-state index in [2.05, 4.69) is 11.8 Å². The van der Waals surface area contributed by atoms with Crippen molar-refractivity contribution in [1.82, 2.24) is 0 Å². The van der Waals surface area contributed by atoms with Gasteiger partial charge in [0.1, 0.15) is 10.8 Å². The first kappa shape index (κ1) is 15.2. The normalized spacial score (nSPS) is 19.7. The first-order chi connectivity index (χ1) is 9.63. The van der Waals surface area contributed by atoms with E-state index in [4.69, 9.17) is 18.0 Å². The minimum absolute atomic E-state index is 0.146. The lowest BCUT2D eigenvalue weighted by Gasteiger charge is -2.25. The molecule has 2 rings (SSSR count). The largest absolute Gasteiger partial charge is 0.389 e. The minimum atomic E-state index is -0.315. The Bertz CT molecular complexity index is 476. The third-order valence-corrected chi connectivity index (χ3v) is 4.33. The van der Waals surface area contributed by atoms with E-state index in [-0.39, 0.29) is 10.8 Å². The number of rotatable bonds is 4. The van der Waals surface area contributed by atoms with Gasteiger partial charge in [-0.15, -0.1) is 0 Å². The van der Waals surface area contributed by atoms with E-state index in [0.717, 1.165) is 31.1 Å². The van der Waals surface area contributed by atoms with Crippen molar-refractivity contribution in [2.45, 2.75) is 39.0 Å². The summed E-state index contributed by atoms with van der Waals surface area (Å²) in [6, 6.07) is 5.09. The lowest BCUT2D eigenvalue weighted by molar-refractivity contribution is 0.435. The van der Waals surface area contributed by atoms with E-state index in [1.807, 2.05) is 6.07 Å². The topological polar surface area (TPSA) is 29.3 Å². The van der Waals surface area contributed by atoms with Gasteiger partial charge in [-0.1, -0.05) is 38.0 Å². The van der Waals surface area contributed by atoms with Crippen LogP contribution >= 0.6 is 12.2 Å². The average Bonchev–Trinajstić information content (AvgIpc) is 2.64. The van der Waals surface area contributed by atoms with Gasteiger partial charge in [-0.3, -0.25) is 0 Å². The number of nitrogens with zero attached hydrogens (tertiary/aromatic N) is 1. The van der Waals surface area contributed by atoms with Crippen LogP contribution in [0.5, 0.6) is 0 Å².